The first kappa shape index (κ1) is 13.7. The minimum absolute atomic E-state index is 0.700. The first-order valence-electron chi connectivity index (χ1n) is 5.98. The standard InChI is InChI=1S/C15H16ClNO2/c1-17-10-11-9-12(16)3-8-15(11)19-14-6-4-13(18-2)5-7-14/h3-9,17H,10H2,1-2H3. The maximum absolute atomic E-state index is 6.00. The van der Waals surface area contributed by atoms with Crippen molar-refractivity contribution in [3.8, 4) is 17.2 Å². The fourth-order valence-corrected chi connectivity index (χ4v) is 1.94. The Morgan fingerprint density at radius 2 is 1.74 bits per heavy atom. The van der Waals surface area contributed by atoms with Crippen LogP contribution in [0.3, 0.4) is 0 Å². The van der Waals surface area contributed by atoms with Gasteiger partial charge in [-0.05, 0) is 49.5 Å². The highest BCUT2D eigenvalue weighted by molar-refractivity contribution is 6.30. The second-order valence-electron chi connectivity index (χ2n) is 4.06. The van der Waals surface area contributed by atoms with Crippen LogP contribution in [0.2, 0.25) is 5.02 Å². The summed E-state index contributed by atoms with van der Waals surface area (Å²) in [5, 5.41) is 3.80. The molecule has 2 aromatic carbocycles. The maximum Gasteiger partial charge on any atom is 0.132 e. The number of halogens is 1. The van der Waals surface area contributed by atoms with Crippen LogP contribution in [-0.4, -0.2) is 14.2 Å². The summed E-state index contributed by atoms with van der Waals surface area (Å²) in [7, 11) is 3.53. The van der Waals surface area contributed by atoms with Gasteiger partial charge >= 0.3 is 0 Å². The molecule has 19 heavy (non-hydrogen) atoms. The van der Waals surface area contributed by atoms with Gasteiger partial charge in [0, 0.05) is 17.1 Å². The van der Waals surface area contributed by atoms with Crippen LogP contribution in [0.25, 0.3) is 0 Å². The first-order chi connectivity index (χ1) is 9.22. The Balaban J connectivity index is 2.21. The van der Waals surface area contributed by atoms with Gasteiger partial charge in [0.1, 0.15) is 17.2 Å². The molecule has 2 rings (SSSR count). The van der Waals surface area contributed by atoms with Crippen LogP contribution < -0.4 is 14.8 Å². The van der Waals surface area contributed by atoms with Gasteiger partial charge in [-0.3, -0.25) is 0 Å². The van der Waals surface area contributed by atoms with E-state index in [0.29, 0.717) is 11.6 Å². The smallest absolute Gasteiger partial charge is 0.132 e. The van der Waals surface area contributed by atoms with Crippen molar-refractivity contribution in [3.05, 3.63) is 53.1 Å². The van der Waals surface area contributed by atoms with E-state index in [-0.39, 0.29) is 0 Å². The highest BCUT2D eigenvalue weighted by Crippen LogP contribution is 2.28. The average molecular weight is 278 g/mol. The van der Waals surface area contributed by atoms with Gasteiger partial charge in [0.05, 0.1) is 7.11 Å². The van der Waals surface area contributed by atoms with E-state index in [2.05, 4.69) is 5.32 Å². The van der Waals surface area contributed by atoms with Gasteiger partial charge in [0.25, 0.3) is 0 Å². The van der Waals surface area contributed by atoms with Gasteiger partial charge < -0.3 is 14.8 Å². The van der Waals surface area contributed by atoms with E-state index in [9.17, 15) is 0 Å². The molecule has 0 amide bonds. The number of methoxy groups -OCH3 is 1. The predicted molar refractivity (Wildman–Crippen MR) is 77.3 cm³/mol. The molecule has 4 heteroatoms. The van der Waals surface area contributed by atoms with Crippen LogP contribution in [0.5, 0.6) is 17.2 Å². The molecule has 0 heterocycles. The van der Waals surface area contributed by atoms with Crippen molar-refractivity contribution in [2.24, 2.45) is 0 Å². The monoisotopic (exact) mass is 277 g/mol. The molecule has 3 nitrogen and oxygen atoms in total. The third-order valence-corrected chi connectivity index (χ3v) is 2.91. The number of nitrogens with one attached hydrogen (secondary N) is 1. The first-order valence-corrected chi connectivity index (χ1v) is 6.35. The van der Waals surface area contributed by atoms with Gasteiger partial charge in [0.2, 0.25) is 0 Å². The molecule has 0 bridgehead atoms. The number of hydrogen-bond donors (Lipinski definition) is 1. The molecule has 0 aliphatic carbocycles. The summed E-state index contributed by atoms with van der Waals surface area (Å²) in [6, 6.07) is 13.1. The average Bonchev–Trinajstić information content (AvgIpc) is 2.43. The summed E-state index contributed by atoms with van der Waals surface area (Å²) in [5.74, 6) is 2.36. The van der Waals surface area contributed by atoms with E-state index in [1.807, 2.05) is 49.5 Å². The van der Waals surface area contributed by atoms with Crippen molar-refractivity contribution in [3.63, 3.8) is 0 Å². The molecule has 100 valence electrons. The Morgan fingerprint density at radius 1 is 1.05 bits per heavy atom. The molecule has 0 aliphatic rings. The largest absolute Gasteiger partial charge is 0.497 e. The third-order valence-electron chi connectivity index (χ3n) is 2.68. The van der Waals surface area contributed by atoms with Crippen LogP contribution >= 0.6 is 11.6 Å². The normalized spacial score (nSPS) is 10.3. The van der Waals surface area contributed by atoms with Gasteiger partial charge in [0.15, 0.2) is 0 Å². The predicted octanol–water partition coefficient (Wildman–Crippen LogP) is 3.86. The van der Waals surface area contributed by atoms with E-state index in [1.165, 1.54) is 0 Å². The Kier molecular flexibility index (Phi) is 4.66. The summed E-state index contributed by atoms with van der Waals surface area (Å²) < 4.78 is 11.0. The lowest BCUT2D eigenvalue weighted by molar-refractivity contribution is 0.412. The van der Waals surface area contributed by atoms with Crippen LogP contribution in [0, 0.1) is 0 Å². The van der Waals surface area contributed by atoms with E-state index in [4.69, 9.17) is 21.1 Å². The highest BCUT2D eigenvalue weighted by Gasteiger charge is 2.05. The summed E-state index contributed by atoms with van der Waals surface area (Å²) in [4.78, 5) is 0. The molecule has 1 N–H and O–H groups in total. The minimum Gasteiger partial charge on any atom is -0.497 e. The summed E-state index contributed by atoms with van der Waals surface area (Å²) >= 11 is 6.00. The lowest BCUT2D eigenvalue weighted by Gasteiger charge is -2.11. The Labute approximate surface area is 118 Å². The topological polar surface area (TPSA) is 30.5 Å². The van der Waals surface area contributed by atoms with E-state index < -0.39 is 0 Å². The van der Waals surface area contributed by atoms with E-state index >= 15 is 0 Å². The van der Waals surface area contributed by atoms with E-state index in [0.717, 1.165) is 22.8 Å². The minimum atomic E-state index is 0.700. The molecular formula is C15H16ClNO2. The number of rotatable bonds is 5. The van der Waals surface area contributed by atoms with Crippen LogP contribution in [0.15, 0.2) is 42.5 Å². The van der Waals surface area contributed by atoms with Gasteiger partial charge in [-0.25, -0.2) is 0 Å². The zero-order valence-corrected chi connectivity index (χ0v) is 11.7. The van der Waals surface area contributed by atoms with E-state index in [1.54, 1.807) is 7.11 Å². The summed E-state index contributed by atoms with van der Waals surface area (Å²) in [6.07, 6.45) is 0. The fraction of sp³-hybridized carbons (Fsp3) is 0.200. The van der Waals surface area contributed by atoms with Crippen LogP contribution in [-0.2, 0) is 6.54 Å². The molecule has 0 fully saturated rings. The number of benzene rings is 2. The van der Waals surface area contributed by atoms with Gasteiger partial charge in [-0.15, -0.1) is 0 Å². The van der Waals surface area contributed by atoms with Crippen molar-refractivity contribution in [1.82, 2.24) is 5.32 Å². The lowest BCUT2D eigenvalue weighted by Crippen LogP contribution is -2.06. The fourth-order valence-electron chi connectivity index (χ4n) is 1.75. The molecule has 0 saturated heterocycles. The van der Waals surface area contributed by atoms with Crippen molar-refractivity contribution in [1.29, 1.82) is 0 Å². The van der Waals surface area contributed by atoms with Crippen molar-refractivity contribution in [2.75, 3.05) is 14.2 Å². The van der Waals surface area contributed by atoms with Gasteiger partial charge in [-0.2, -0.15) is 0 Å². The molecule has 0 aliphatic heterocycles. The zero-order chi connectivity index (χ0) is 13.7. The molecule has 0 unspecified atom stereocenters. The second-order valence-corrected chi connectivity index (χ2v) is 4.50. The second kappa shape index (κ2) is 6.45. The van der Waals surface area contributed by atoms with Crippen LogP contribution in [0.4, 0.5) is 0 Å². The Bertz CT molecular complexity index is 540. The third kappa shape index (κ3) is 3.63. The highest BCUT2D eigenvalue weighted by atomic mass is 35.5. The number of hydrogen-bond acceptors (Lipinski definition) is 3. The van der Waals surface area contributed by atoms with Crippen LogP contribution in [0.1, 0.15) is 5.56 Å². The Morgan fingerprint density at radius 3 is 2.37 bits per heavy atom. The van der Waals surface area contributed by atoms with Crippen molar-refractivity contribution in [2.45, 2.75) is 6.54 Å². The van der Waals surface area contributed by atoms with Gasteiger partial charge in [-0.1, -0.05) is 11.6 Å². The summed E-state index contributed by atoms with van der Waals surface area (Å²) in [6.45, 7) is 0.700. The molecule has 0 radical (unpaired) electrons. The van der Waals surface area contributed by atoms with Crippen molar-refractivity contribution >= 4 is 11.6 Å². The van der Waals surface area contributed by atoms with Crippen molar-refractivity contribution < 1.29 is 9.47 Å². The summed E-state index contributed by atoms with van der Waals surface area (Å²) in [5.41, 5.74) is 1.02. The molecule has 0 aromatic heterocycles. The molecule has 0 saturated carbocycles. The molecule has 0 spiro atoms. The molecule has 2 aromatic rings. The molecule has 0 atom stereocenters. The number of ether oxygens (including phenoxy) is 2. The lowest BCUT2D eigenvalue weighted by atomic mass is 10.2. The SMILES string of the molecule is CNCc1cc(Cl)ccc1Oc1ccc(OC)cc1. The Hall–Kier alpha value is -1.71. The molecular weight excluding hydrogens is 262 g/mol. The maximum atomic E-state index is 6.00. The zero-order valence-electron chi connectivity index (χ0n) is 10.9. The quantitative estimate of drug-likeness (QED) is 0.900.